The molecular formula is C60H83N7O23. The van der Waals surface area contributed by atoms with Crippen LogP contribution in [-0.4, -0.2) is 193 Å². The van der Waals surface area contributed by atoms with Crippen LogP contribution in [0.4, 0.5) is 9.59 Å². The Kier molecular flexibility index (Phi) is 28.3. The van der Waals surface area contributed by atoms with Gasteiger partial charge in [0.1, 0.15) is 61.7 Å². The largest absolute Gasteiger partial charge is 0.509 e. The second-order valence-electron chi connectivity index (χ2n) is 22.4. The quantitative estimate of drug-likeness (QED) is 0.0270. The summed E-state index contributed by atoms with van der Waals surface area (Å²) in [6, 6.07) is 8.32. The summed E-state index contributed by atoms with van der Waals surface area (Å²) in [5.41, 5.74) is 1.42. The van der Waals surface area contributed by atoms with E-state index in [2.05, 4.69) is 43.8 Å². The first-order valence-electron chi connectivity index (χ1n) is 29.3. The molecule has 0 saturated carbocycles. The zero-order chi connectivity index (χ0) is 66.4. The predicted molar refractivity (Wildman–Crippen MR) is 311 cm³/mol. The van der Waals surface area contributed by atoms with Crippen LogP contribution in [0.3, 0.4) is 0 Å². The highest BCUT2D eigenvalue weighted by atomic mass is 16.8. The Bertz CT molecular complexity index is 2790. The van der Waals surface area contributed by atoms with Crippen LogP contribution in [0.5, 0.6) is 0 Å². The summed E-state index contributed by atoms with van der Waals surface area (Å²) >= 11 is 0. The van der Waals surface area contributed by atoms with Crippen LogP contribution in [0.2, 0.25) is 0 Å². The lowest BCUT2D eigenvalue weighted by Crippen LogP contribution is -2.71. The van der Waals surface area contributed by atoms with Gasteiger partial charge in [-0.2, -0.15) is 0 Å². The van der Waals surface area contributed by atoms with Crippen LogP contribution in [0, 0.1) is 11.8 Å². The Morgan fingerprint density at radius 3 is 1.70 bits per heavy atom. The molecule has 0 spiro atoms. The topological polar surface area (TPSA) is 405 Å². The van der Waals surface area contributed by atoms with E-state index in [4.69, 9.17) is 47.4 Å². The van der Waals surface area contributed by atoms with Gasteiger partial charge in [0.25, 0.3) is 0 Å². The molecular weight excluding hydrogens is 1190 g/mol. The van der Waals surface area contributed by atoms with E-state index >= 15 is 0 Å². The van der Waals surface area contributed by atoms with E-state index in [9.17, 15) is 63.0 Å². The number of esters is 3. The van der Waals surface area contributed by atoms with E-state index in [-0.39, 0.29) is 44.5 Å². The maximum atomic E-state index is 14.9. The number of amides is 7. The average Bonchev–Trinajstić information content (AvgIpc) is 1.38. The zero-order valence-electron chi connectivity index (χ0n) is 51.6. The van der Waals surface area contributed by atoms with Crippen molar-refractivity contribution in [3.63, 3.8) is 0 Å². The van der Waals surface area contributed by atoms with Gasteiger partial charge in [0.05, 0.1) is 32.3 Å². The maximum absolute atomic E-state index is 14.9. The molecule has 2 aromatic carbocycles. The average molecular weight is 1270 g/mol. The molecule has 3 heterocycles. The third-order valence-corrected chi connectivity index (χ3v) is 14.0. The van der Waals surface area contributed by atoms with E-state index in [0.29, 0.717) is 5.56 Å². The number of nitrogens with one attached hydrogen (secondary N) is 7. The van der Waals surface area contributed by atoms with Crippen molar-refractivity contribution in [3.05, 3.63) is 84.4 Å². The minimum atomic E-state index is -1.96. The van der Waals surface area contributed by atoms with Gasteiger partial charge < -0.3 is 94.8 Å². The molecule has 5 rings (SSSR count). The molecule has 7 amide bonds. The number of rotatable bonds is 32. The summed E-state index contributed by atoms with van der Waals surface area (Å²) < 4.78 is 56.6. The minimum absolute atomic E-state index is 0.0258. The van der Waals surface area contributed by atoms with Crippen LogP contribution in [0.25, 0.3) is 0 Å². The van der Waals surface area contributed by atoms with Crippen LogP contribution in [-0.2, 0) is 104 Å². The summed E-state index contributed by atoms with van der Waals surface area (Å²) in [7, 11) is 0. The number of carbonyl (C=O) groups excluding carboxylic acids is 11. The lowest BCUT2D eigenvalue weighted by Gasteiger charge is -2.48. The molecule has 2 aromatic rings. The summed E-state index contributed by atoms with van der Waals surface area (Å²) in [5.74, 6) is -9.36. The van der Waals surface area contributed by atoms with Gasteiger partial charge in [0.2, 0.25) is 35.4 Å². The van der Waals surface area contributed by atoms with Crippen molar-refractivity contribution < 1.29 is 110 Å². The van der Waals surface area contributed by atoms with Crippen molar-refractivity contribution in [2.24, 2.45) is 11.8 Å². The number of carbonyl (C=O) groups is 11. The number of alkyl carbamates (subject to hydrolysis) is 1. The van der Waals surface area contributed by atoms with Crippen molar-refractivity contribution in [2.75, 3.05) is 19.8 Å². The number of hydrogen-bond donors (Lipinski definition) is 9. The lowest BCUT2D eigenvalue weighted by atomic mass is 9.94. The zero-order valence-corrected chi connectivity index (χ0v) is 51.6. The Morgan fingerprint density at radius 1 is 0.611 bits per heavy atom. The highest BCUT2D eigenvalue weighted by molar-refractivity contribution is 5.98. The minimum Gasteiger partial charge on any atom is -0.460 e. The molecule has 90 heavy (non-hydrogen) atoms. The second-order valence-corrected chi connectivity index (χ2v) is 22.4. The molecule has 9 N–H and O–H groups in total. The van der Waals surface area contributed by atoms with Crippen molar-refractivity contribution in [1.82, 2.24) is 37.2 Å². The molecule has 30 heteroatoms. The first-order valence-corrected chi connectivity index (χ1v) is 29.3. The first kappa shape index (κ1) is 72.5. The normalized spacial score (nSPS) is 23.8. The van der Waals surface area contributed by atoms with Gasteiger partial charge in [-0.3, -0.25) is 38.4 Å². The van der Waals surface area contributed by atoms with Crippen LogP contribution in [0.1, 0.15) is 92.7 Å². The third-order valence-electron chi connectivity index (χ3n) is 14.0. The molecule has 0 aliphatic carbocycles. The molecule has 0 unspecified atom stereocenters. The highest BCUT2D eigenvalue weighted by Crippen LogP contribution is 2.36. The van der Waals surface area contributed by atoms with Crippen molar-refractivity contribution in [3.8, 4) is 0 Å². The van der Waals surface area contributed by atoms with Gasteiger partial charge in [-0.25, -0.2) is 14.4 Å². The number of fused-ring (bicyclic) bond motifs is 1. The number of benzene rings is 2. The molecule has 0 bridgehead atoms. The number of hydrogen-bond acceptors (Lipinski definition) is 23. The van der Waals surface area contributed by atoms with E-state index in [1.54, 1.807) is 88.4 Å². The molecule has 3 aliphatic rings. The van der Waals surface area contributed by atoms with Gasteiger partial charge in [-0.1, -0.05) is 101 Å². The van der Waals surface area contributed by atoms with Crippen molar-refractivity contribution in [2.45, 2.75) is 192 Å². The van der Waals surface area contributed by atoms with E-state index in [1.165, 1.54) is 19.9 Å². The van der Waals surface area contributed by atoms with E-state index < -0.39 is 183 Å². The molecule has 3 fully saturated rings. The highest BCUT2D eigenvalue weighted by Gasteiger charge is 2.59. The standard InChI is InChI=1S/C60H83N7O23/c1-11-22-81-57(78)45(33(7)82-28-37-18-14-12-15-19-37)67-55(77)40(24-31(4)5)64-54(76)41(65-53(75)39(23-30(2)3)63-52(74)32(6)61-59(79)83-29-38-20-16-13-17-21-38)25-44(73)66-56-46(62-34(8)70)49(47(84-35(9)71)42(26-68)86-56)88-58-51(85-36(10)72)50-48(43(27-69)87-58)89-60(80)90-50/h11-21,30-33,39-43,45-51,56,58,68-69H,1,22-29H2,2-10H3,(H,61,79)(H,62,70)(H,63,74)(H,64,76)(H,65,75)(H,66,73)(H,67,77)/t32-,33+,39-,40-,41-,42+,43+,45-,46+,47+,48-,49+,50-,51+,56+,58-/m0/s1. The third kappa shape index (κ3) is 22.0. The Labute approximate surface area is 520 Å². The van der Waals surface area contributed by atoms with Crippen LogP contribution >= 0.6 is 0 Å². The molecule has 30 nitrogen and oxygen atoms in total. The summed E-state index contributed by atoms with van der Waals surface area (Å²) in [4.78, 5) is 150. The fraction of sp³-hybridized carbons (Fsp3) is 0.583. The lowest BCUT2D eigenvalue weighted by molar-refractivity contribution is -0.323. The van der Waals surface area contributed by atoms with Gasteiger partial charge >= 0.3 is 30.2 Å². The fourth-order valence-electron chi connectivity index (χ4n) is 9.85. The van der Waals surface area contributed by atoms with E-state index in [1.807, 2.05) is 0 Å². The fourth-order valence-corrected chi connectivity index (χ4v) is 9.85. The molecule has 0 aromatic heterocycles. The Hall–Kier alpha value is -8.29. The molecule has 16 atom stereocenters. The predicted octanol–water partition coefficient (Wildman–Crippen LogP) is 0.265. The van der Waals surface area contributed by atoms with Gasteiger partial charge in [-0.05, 0) is 49.7 Å². The number of ether oxygens (including phenoxy) is 10. The van der Waals surface area contributed by atoms with Gasteiger partial charge in [-0.15, -0.1) is 0 Å². The van der Waals surface area contributed by atoms with Gasteiger partial charge in [0, 0.05) is 20.8 Å². The summed E-state index contributed by atoms with van der Waals surface area (Å²) in [6.45, 7) is 14.3. The Morgan fingerprint density at radius 2 is 1.14 bits per heavy atom. The maximum Gasteiger partial charge on any atom is 0.509 e. The number of aliphatic hydroxyl groups is 2. The number of aliphatic hydroxyl groups excluding tert-OH is 2. The summed E-state index contributed by atoms with van der Waals surface area (Å²) in [6.07, 6.45) is -17.7. The molecule has 3 saturated heterocycles. The molecule has 3 aliphatic heterocycles. The summed E-state index contributed by atoms with van der Waals surface area (Å²) in [5, 5.41) is 38.9. The monoisotopic (exact) mass is 1270 g/mol. The smallest absolute Gasteiger partial charge is 0.460 e. The van der Waals surface area contributed by atoms with Crippen LogP contribution < -0.4 is 37.2 Å². The van der Waals surface area contributed by atoms with Crippen molar-refractivity contribution in [1.29, 1.82) is 0 Å². The van der Waals surface area contributed by atoms with Crippen molar-refractivity contribution >= 4 is 65.6 Å². The van der Waals surface area contributed by atoms with Gasteiger partial charge in [0.15, 0.2) is 43.0 Å². The van der Waals surface area contributed by atoms with Crippen LogP contribution in [0.15, 0.2) is 73.3 Å². The Balaban J connectivity index is 1.50. The first-order chi connectivity index (χ1) is 42.7. The van der Waals surface area contributed by atoms with E-state index in [0.717, 1.165) is 26.3 Å². The second kappa shape index (κ2) is 35.2. The SMILES string of the molecule is C=CCOC(=O)[C@@H](NC(=O)[C@H](CC(C)C)NC(=O)[C@H](CC(=O)N[C@@H]1O[C@H](CO)[C@@H](OC(C)=O)[C@H](O[C@@H]2O[C@H](CO)[C@@H]3OC(=O)O[C@@H]3[C@H]2OC(C)=O)[C@H]1NC(C)=O)NC(=O)[C@H](CC(C)C)NC(=O)[C@H](C)NC(=O)OCc1ccccc1)[C@@H](C)OCc1ccccc1. The molecule has 496 valence electrons. The molecule has 0 radical (unpaired) electrons.